The minimum absolute atomic E-state index is 0.00534. The van der Waals surface area contributed by atoms with E-state index in [0.29, 0.717) is 10.8 Å². The van der Waals surface area contributed by atoms with E-state index in [1.807, 2.05) is 26.0 Å². The van der Waals surface area contributed by atoms with Crippen molar-refractivity contribution in [3.8, 4) is 0 Å². The van der Waals surface area contributed by atoms with Crippen molar-refractivity contribution in [1.82, 2.24) is 19.9 Å². The third-order valence-corrected chi connectivity index (χ3v) is 9.63. The second-order valence-electron chi connectivity index (χ2n) is 12.1. The Labute approximate surface area is 250 Å². The molecule has 43 heavy (non-hydrogen) atoms. The standard InChI is InChI=1S/C35H40N4O4/c1-9-11-21-16(4)23-12-24-17(5)28(19(7)40)27(37-24)14-22-15(3)20(10-2)26(36-22)13-25-18(6)29-33(39-25)30(32(21)38-23)31(34(29)41)35(42)43-8/h12-14,16,21,31,37,39-41H,9-11H2,1-8H3/t16-,21-,31?/m0/s1. The third-order valence-electron chi connectivity index (χ3n) is 9.63. The Balaban J connectivity index is 1.88. The van der Waals surface area contributed by atoms with Crippen molar-refractivity contribution in [2.75, 3.05) is 7.11 Å². The van der Waals surface area contributed by atoms with Gasteiger partial charge in [-0.15, -0.1) is 0 Å². The molecular weight excluding hydrogens is 540 g/mol. The number of aliphatic hydroxyl groups excluding tert-OH is 2. The van der Waals surface area contributed by atoms with Crippen LogP contribution in [0.1, 0.15) is 111 Å². The quantitative estimate of drug-likeness (QED) is 0.258. The van der Waals surface area contributed by atoms with Gasteiger partial charge in [0.1, 0.15) is 11.7 Å². The fourth-order valence-electron chi connectivity index (χ4n) is 7.33. The van der Waals surface area contributed by atoms with Crippen molar-refractivity contribution in [3.63, 3.8) is 0 Å². The van der Waals surface area contributed by atoms with Crippen LogP contribution in [0.3, 0.4) is 0 Å². The van der Waals surface area contributed by atoms with Crippen LogP contribution in [0.4, 0.5) is 0 Å². The molecule has 8 nitrogen and oxygen atoms in total. The maximum atomic E-state index is 13.2. The molecule has 0 amide bonds. The van der Waals surface area contributed by atoms with Gasteiger partial charge in [0.25, 0.3) is 0 Å². The molecule has 3 aromatic heterocycles. The molecule has 0 radical (unpaired) electrons. The molecule has 1 aliphatic carbocycles. The molecule has 0 spiro atoms. The fraction of sp³-hybridized carbons (Fsp3) is 0.400. The zero-order valence-corrected chi connectivity index (χ0v) is 26.2. The molecule has 3 aliphatic rings. The Morgan fingerprint density at radius 2 is 1.70 bits per heavy atom. The Morgan fingerprint density at radius 3 is 2.35 bits per heavy atom. The van der Waals surface area contributed by atoms with Gasteiger partial charge in [-0.3, -0.25) is 9.78 Å². The second-order valence-corrected chi connectivity index (χ2v) is 12.1. The summed E-state index contributed by atoms with van der Waals surface area (Å²) in [5.74, 6) is -1.12. The molecule has 2 aliphatic heterocycles. The summed E-state index contributed by atoms with van der Waals surface area (Å²) in [5, 5.41) is 23.8. The lowest BCUT2D eigenvalue weighted by Crippen LogP contribution is -2.18. The van der Waals surface area contributed by atoms with Crippen LogP contribution in [-0.4, -0.2) is 43.2 Å². The van der Waals surface area contributed by atoms with Crippen molar-refractivity contribution in [2.24, 2.45) is 0 Å². The maximum Gasteiger partial charge on any atom is 0.321 e. The lowest BCUT2D eigenvalue weighted by molar-refractivity contribution is -0.141. The number of rotatable bonds is 4. The van der Waals surface area contributed by atoms with Gasteiger partial charge in [0.05, 0.1) is 41.0 Å². The molecule has 0 fully saturated rings. The first-order valence-electron chi connectivity index (χ1n) is 15.2. The van der Waals surface area contributed by atoms with Gasteiger partial charge in [-0.1, -0.05) is 27.2 Å². The normalized spacial score (nSPS) is 20.2. The van der Waals surface area contributed by atoms with Crippen LogP contribution in [0, 0.1) is 13.8 Å². The summed E-state index contributed by atoms with van der Waals surface area (Å²) in [4.78, 5) is 30.6. The first kappa shape index (κ1) is 28.8. The minimum atomic E-state index is -0.952. The number of ether oxygens (including phenoxy) is 1. The number of methoxy groups -OCH3 is 1. The lowest BCUT2D eigenvalue weighted by Gasteiger charge is -2.19. The molecule has 0 aromatic carbocycles. The number of fused-ring (bicyclic) bond motifs is 8. The molecule has 3 aromatic rings. The van der Waals surface area contributed by atoms with E-state index >= 15 is 0 Å². The highest BCUT2D eigenvalue weighted by Crippen LogP contribution is 2.46. The van der Waals surface area contributed by atoms with E-state index in [-0.39, 0.29) is 23.4 Å². The van der Waals surface area contributed by atoms with E-state index in [1.54, 1.807) is 6.92 Å². The molecule has 6 rings (SSSR count). The summed E-state index contributed by atoms with van der Waals surface area (Å²) in [6, 6.07) is 6.11. The van der Waals surface area contributed by atoms with Crippen LogP contribution in [0.25, 0.3) is 44.7 Å². The van der Waals surface area contributed by atoms with Crippen LogP contribution >= 0.6 is 0 Å². The minimum Gasteiger partial charge on any atom is -0.512 e. The molecule has 0 saturated carbocycles. The number of aryl methyl sites for hydroxylation is 2. The summed E-state index contributed by atoms with van der Waals surface area (Å²) in [5.41, 5.74) is 11.3. The highest BCUT2D eigenvalue weighted by molar-refractivity contribution is 5.97. The van der Waals surface area contributed by atoms with E-state index < -0.39 is 11.9 Å². The highest BCUT2D eigenvalue weighted by Gasteiger charge is 2.41. The number of aromatic nitrogens is 4. The van der Waals surface area contributed by atoms with Crippen molar-refractivity contribution < 1.29 is 19.7 Å². The van der Waals surface area contributed by atoms with E-state index in [4.69, 9.17) is 14.7 Å². The predicted molar refractivity (Wildman–Crippen MR) is 171 cm³/mol. The SMILES string of the molecule is CCC[C@@H]1c2nc(cc3[nH]c(cc4nc(cc5[nH]c6c2C(C(=O)OC)C(O)=c6c5C)C(CC)=C4C)c(=C(C)O)c3C)[C@H]1C. The number of hydrogen-bond donors (Lipinski definition) is 4. The van der Waals surface area contributed by atoms with Gasteiger partial charge >= 0.3 is 5.97 Å². The number of carbonyl (C=O) groups excluding carboxylic acids is 1. The number of nitrogens with one attached hydrogen (secondary N) is 2. The van der Waals surface area contributed by atoms with Crippen molar-refractivity contribution in [2.45, 2.75) is 85.5 Å². The molecule has 8 heteroatoms. The average molecular weight is 581 g/mol. The molecule has 0 saturated heterocycles. The Bertz CT molecular complexity index is 2020. The molecule has 4 N–H and O–H groups in total. The van der Waals surface area contributed by atoms with Crippen molar-refractivity contribution >= 4 is 50.7 Å². The highest BCUT2D eigenvalue weighted by atomic mass is 16.5. The summed E-state index contributed by atoms with van der Waals surface area (Å²) in [6.07, 6.45) is 2.61. The molecule has 3 atom stereocenters. The number of H-pyrrole nitrogens is 2. The zero-order chi connectivity index (χ0) is 30.9. The van der Waals surface area contributed by atoms with Crippen molar-refractivity contribution in [3.05, 3.63) is 68.1 Å². The zero-order valence-electron chi connectivity index (χ0n) is 26.2. The number of aliphatic hydroxyl groups is 2. The topological polar surface area (TPSA) is 124 Å². The van der Waals surface area contributed by atoms with Crippen LogP contribution in [-0.2, 0) is 9.53 Å². The van der Waals surface area contributed by atoms with Crippen LogP contribution < -0.4 is 10.4 Å². The van der Waals surface area contributed by atoms with E-state index in [0.717, 1.165) is 91.6 Å². The Morgan fingerprint density at radius 1 is 1.00 bits per heavy atom. The van der Waals surface area contributed by atoms with E-state index in [9.17, 15) is 15.0 Å². The summed E-state index contributed by atoms with van der Waals surface area (Å²) < 4.78 is 5.22. The Kier molecular flexibility index (Phi) is 6.98. The number of carbonyl (C=O) groups is 1. The largest absolute Gasteiger partial charge is 0.512 e. The van der Waals surface area contributed by atoms with Crippen LogP contribution in [0.5, 0.6) is 0 Å². The second kappa shape index (κ2) is 10.4. The van der Waals surface area contributed by atoms with Crippen LogP contribution in [0.15, 0.2) is 18.2 Å². The number of allylic oxidation sites excluding steroid dienone is 2. The van der Waals surface area contributed by atoms with Gasteiger partial charge in [0.2, 0.25) is 0 Å². The van der Waals surface area contributed by atoms with E-state index in [1.165, 1.54) is 7.11 Å². The van der Waals surface area contributed by atoms with Crippen LogP contribution in [0.2, 0.25) is 0 Å². The van der Waals surface area contributed by atoms with E-state index in [2.05, 4.69) is 43.7 Å². The molecule has 224 valence electrons. The third kappa shape index (κ3) is 4.21. The van der Waals surface area contributed by atoms with Gasteiger partial charge < -0.3 is 24.9 Å². The fourth-order valence-corrected chi connectivity index (χ4v) is 7.33. The average Bonchev–Trinajstić information content (AvgIpc) is 3.70. The lowest BCUT2D eigenvalue weighted by atomic mass is 9.84. The summed E-state index contributed by atoms with van der Waals surface area (Å²) >= 11 is 0. The van der Waals surface area contributed by atoms with Crippen molar-refractivity contribution in [1.29, 1.82) is 0 Å². The smallest absolute Gasteiger partial charge is 0.321 e. The number of nitrogens with zero attached hydrogens (tertiary/aromatic N) is 2. The predicted octanol–water partition coefficient (Wildman–Crippen LogP) is 6.58. The monoisotopic (exact) mass is 580 g/mol. The first-order chi connectivity index (χ1) is 20.5. The molecule has 1 unspecified atom stereocenters. The number of aromatic amines is 2. The van der Waals surface area contributed by atoms with Gasteiger partial charge in [-0.2, -0.15) is 0 Å². The number of hydrogen-bond acceptors (Lipinski definition) is 6. The molecular formula is C35H40N4O4. The number of esters is 1. The summed E-state index contributed by atoms with van der Waals surface area (Å²) in [7, 11) is 1.35. The molecule has 5 heterocycles. The van der Waals surface area contributed by atoms with Gasteiger partial charge in [0.15, 0.2) is 0 Å². The van der Waals surface area contributed by atoms with Gasteiger partial charge in [-0.05, 0) is 81.0 Å². The summed E-state index contributed by atoms with van der Waals surface area (Å²) in [6.45, 7) is 14.2. The first-order valence-corrected chi connectivity index (χ1v) is 15.2. The maximum absolute atomic E-state index is 13.2. The Hall–Kier alpha value is -4.33. The van der Waals surface area contributed by atoms with Gasteiger partial charge in [-0.25, -0.2) is 4.98 Å². The van der Waals surface area contributed by atoms with Gasteiger partial charge in [0, 0.05) is 44.6 Å². The molecule has 8 bridgehead atoms.